The van der Waals surface area contributed by atoms with Crippen LogP contribution in [0.1, 0.15) is 32.7 Å². The highest BCUT2D eigenvalue weighted by Gasteiger charge is 2.34. The van der Waals surface area contributed by atoms with E-state index in [1.807, 2.05) is 4.90 Å². The lowest BCUT2D eigenvalue weighted by molar-refractivity contribution is -0.138. The molecule has 5 rings (SSSR count). The summed E-state index contributed by atoms with van der Waals surface area (Å²) in [4.78, 5) is 31.5. The van der Waals surface area contributed by atoms with Crippen LogP contribution in [0, 0.1) is 11.8 Å². The fourth-order valence-corrected chi connectivity index (χ4v) is 4.18. The van der Waals surface area contributed by atoms with Crippen LogP contribution in [0.3, 0.4) is 0 Å². The predicted octanol–water partition coefficient (Wildman–Crippen LogP) is 2.91. The maximum atomic E-state index is 13.9. The highest BCUT2D eigenvalue weighted by molar-refractivity contribution is 6.04. The van der Waals surface area contributed by atoms with Gasteiger partial charge in [0.1, 0.15) is 11.5 Å². The molecule has 0 spiro atoms. The minimum Gasteiger partial charge on any atom is -0.483 e. The number of hydrogen-bond acceptors (Lipinski definition) is 8. The van der Waals surface area contributed by atoms with E-state index >= 15 is 0 Å². The van der Waals surface area contributed by atoms with Crippen molar-refractivity contribution < 1.29 is 32.6 Å². The number of carbonyl (C=O) groups excluding carboxylic acids is 1. The highest BCUT2D eigenvalue weighted by Crippen LogP contribution is 2.33. The number of ether oxygens (including phenoxy) is 1. The molecular weight excluding hydrogens is 555 g/mol. The van der Waals surface area contributed by atoms with E-state index in [-0.39, 0.29) is 30.0 Å². The molecule has 1 fully saturated rings. The van der Waals surface area contributed by atoms with Gasteiger partial charge in [-0.2, -0.15) is 13.2 Å². The average molecular weight is 582 g/mol. The molecule has 1 aliphatic heterocycles. The Morgan fingerprint density at radius 3 is 2.62 bits per heavy atom. The fourth-order valence-electron chi connectivity index (χ4n) is 4.18. The van der Waals surface area contributed by atoms with Gasteiger partial charge in [0, 0.05) is 56.1 Å². The summed E-state index contributed by atoms with van der Waals surface area (Å²) in [5, 5.41) is 16.9. The number of piperazine rings is 1. The molecule has 0 atom stereocenters. The van der Waals surface area contributed by atoms with E-state index in [1.165, 1.54) is 31.5 Å². The molecule has 3 N–H and O–H groups in total. The number of aromatic nitrogens is 4. The molecule has 4 heterocycles. The van der Waals surface area contributed by atoms with Gasteiger partial charge in [-0.25, -0.2) is 14.5 Å². The predicted molar refractivity (Wildman–Crippen MR) is 146 cm³/mol. The van der Waals surface area contributed by atoms with E-state index in [1.54, 1.807) is 28.9 Å². The molecule has 0 bridgehead atoms. The van der Waals surface area contributed by atoms with Crippen LogP contribution < -0.4 is 15.4 Å². The standard InChI is InChI=1S/C27H24F3N7O2.CH2O2/c1-39-25-7-6-24-33-16-21(37(24)35-25)5-2-18-8-9-32-23(14-18)34-26(38)19-3-4-20(22(15-19)27(28,29)30)17-36-12-10-31-11-13-36;2-1-3/h3-4,6-9,14-16,31H,10-13,17H2,1H3,(H,32,34,38);1H,(H,2,3). The van der Waals surface area contributed by atoms with Crippen LogP contribution in [0.15, 0.2) is 54.9 Å². The van der Waals surface area contributed by atoms with Gasteiger partial charge in [-0.15, -0.1) is 5.10 Å². The topological polar surface area (TPSA) is 134 Å². The lowest BCUT2D eigenvalue weighted by atomic mass is 10.0. The Balaban J connectivity index is 0.00000129. The minimum atomic E-state index is -4.59. The summed E-state index contributed by atoms with van der Waals surface area (Å²) in [6.45, 7) is 2.68. The summed E-state index contributed by atoms with van der Waals surface area (Å²) >= 11 is 0. The van der Waals surface area contributed by atoms with Crippen LogP contribution in [0.25, 0.3) is 5.65 Å². The number of halogens is 3. The van der Waals surface area contributed by atoms with Gasteiger partial charge in [0.15, 0.2) is 5.65 Å². The third-order valence-corrected chi connectivity index (χ3v) is 6.16. The number of anilines is 1. The van der Waals surface area contributed by atoms with E-state index in [0.717, 1.165) is 19.2 Å². The SMILES string of the molecule is COc1ccc2ncc(C#Cc3ccnc(NC(=O)c4ccc(CN5CCNCC5)c(C(F)(F)F)c4)c3)n2n1.O=CO. The first-order chi connectivity index (χ1) is 20.2. The van der Waals surface area contributed by atoms with Crippen molar-refractivity contribution in [1.82, 2.24) is 29.8 Å². The van der Waals surface area contributed by atoms with Crippen LogP contribution in [0.2, 0.25) is 0 Å². The Kier molecular flexibility index (Phi) is 9.69. The van der Waals surface area contributed by atoms with E-state index < -0.39 is 17.6 Å². The molecular formula is C28H26F3N7O4. The quantitative estimate of drug-likeness (QED) is 0.240. The van der Waals surface area contributed by atoms with Gasteiger partial charge in [0.05, 0.1) is 18.9 Å². The molecule has 218 valence electrons. The first-order valence-corrected chi connectivity index (χ1v) is 12.6. The first kappa shape index (κ1) is 30.0. The summed E-state index contributed by atoms with van der Waals surface area (Å²) < 4.78 is 48.3. The van der Waals surface area contributed by atoms with E-state index in [4.69, 9.17) is 14.6 Å². The van der Waals surface area contributed by atoms with E-state index in [0.29, 0.717) is 35.9 Å². The van der Waals surface area contributed by atoms with Crippen molar-refractivity contribution in [3.8, 4) is 17.7 Å². The van der Waals surface area contributed by atoms with Crippen molar-refractivity contribution in [3.63, 3.8) is 0 Å². The van der Waals surface area contributed by atoms with Crippen molar-refractivity contribution in [2.75, 3.05) is 38.6 Å². The number of benzene rings is 1. The van der Waals surface area contributed by atoms with Gasteiger partial charge >= 0.3 is 6.18 Å². The molecule has 1 aliphatic rings. The zero-order chi connectivity index (χ0) is 30.1. The van der Waals surface area contributed by atoms with Crippen molar-refractivity contribution in [2.24, 2.45) is 0 Å². The largest absolute Gasteiger partial charge is 0.483 e. The Morgan fingerprint density at radius 1 is 1.14 bits per heavy atom. The molecule has 1 saturated heterocycles. The van der Waals surface area contributed by atoms with Gasteiger partial charge in [0.25, 0.3) is 12.4 Å². The van der Waals surface area contributed by atoms with E-state index in [9.17, 15) is 18.0 Å². The summed E-state index contributed by atoms with van der Waals surface area (Å²) in [7, 11) is 1.51. The highest BCUT2D eigenvalue weighted by atomic mass is 19.4. The van der Waals surface area contributed by atoms with E-state index in [2.05, 4.69) is 37.5 Å². The Bertz CT molecular complexity index is 1620. The van der Waals surface area contributed by atoms with Crippen molar-refractivity contribution in [3.05, 3.63) is 82.8 Å². The number of amides is 1. The lowest BCUT2D eigenvalue weighted by Gasteiger charge is -2.28. The number of pyridine rings is 1. The maximum absolute atomic E-state index is 13.9. The second-order valence-corrected chi connectivity index (χ2v) is 8.92. The van der Waals surface area contributed by atoms with Gasteiger partial charge in [-0.05, 0) is 41.8 Å². The summed E-state index contributed by atoms with van der Waals surface area (Å²) in [5.41, 5.74) is 0.846. The molecule has 0 aliphatic carbocycles. The Labute approximate surface area is 238 Å². The maximum Gasteiger partial charge on any atom is 0.416 e. The molecule has 11 nitrogen and oxygen atoms in total. The third-order valence-electron chi connectivity index (χ3n) is 6.16. The van der Waals surface area contributed by atoms with Crippen LogP contribution in [0.4, 0.5) is 19.0 Å². The minimum absolute atomic E-state index is 0.115. The summed E-state index contributed by atoms with van der Waals surface area (Å²) in [6, 6.07) is 10.3. The molecule has 0 unspecified atom stereocenters. The lowest BCUT2D eigenvalue weighted by Crippen LogP contribution is -2.43. The molecule has 0 saturated carbocycles. The third kappa shape index (κ3) is 7.59. The molecule has 0 radical (unpaired) electrons. The number of nitrogens with zero attached hydrogens (tertiary/aromatic N) is 5. The number of alkyl halides is 3. The number of carbonyl (C=O) groups is 2. The fraction of sp³-hybridized carbons (Fsp3) is 0.250. The zero-order valence-electron chi connectivity index (χ0n) is 22.4. The van der Waals surface area contributed by atoms with Gasteiger partial charge in [-0.1, -0.05) is 12.0 Å². The summed E-state index contributed by atoms with van der Waals surface area (Å²) in [5.74, 6) is 5.79. The number of fused-ring (bicyclic) bond motifs is 1. The number of nitrogens with one attached hydrogen (secondary N) is 2. The smallest absolute Gasteiger partial charge is 0.416 e. The second-order valence-electron chi connectivity index (χ2n) is 8.92. The number of imidazole rings is 1. The molecule has 14 heteroatoms. The van der Waals surface area contributed by atoms with Gasteiger partial charge in [-0.3, -0.25) is 14.5 Å². The van der Waals surface area contributed by atoms with Crippen molar-refractivity contribution in [2.45, 2.75) is 12.7 Å². The molecule has 1 aromatic carbocycles. The molecule has 3 aromatic heterocycles. The number of methoxy groups -OCH3 is 1. The normalized spacial score (nSPS) is 13.3. The second kappa shape index (κ2) is 13.6. The number of rotatable bonds is 5. The zero-order valence-corrected chi connectivity index (χ0v) is 22.4. The molecule has 42 heavy (non-hydrogen) atoms. The van der Waals surface area contributed by atoms with Gasteiger partial charge in [0.2, 0.25) is 5.88 Å². The monoisotopic (exact) mass is 581 g/mol. The number of hydrogen-bond donors (Lipinski definition) is 3. The van der Waals surface area contributed by atoms with Crippen LogP contribution in [0.5, 0.6) is 5.88 Å². The molecule has 1 amide bonds. The number of carboxylic acid groups (broad SMARTS) is 1. The first-order valence-electron chi connectivity index (χ1n) is 12.6. The Morgan fingerprint density at radius 2 is 1.90 bits per heavy atom. The van der Waals surface area contributed by atoms with Gasteiger partial charge < -0.3 is 20.5 Å². The van der Waals surface area contributed by atoms with Crippen LogP contribution >= 0.6 is 0 Å². The average Bonchev–Trinajstić information content (AvgIpc) is 3.39. The van der Waals surface area contributed by atoms with Crippen molar-refractivity contribution >= 4 is 23.8 Å². The summed E-state index contributed by atoms with van der Waals surface area (Å²) in [6.07, 6.45) is -1.57. The van der Waals surface area contributed by atoms with Crippen LogP contribution in [-0.4, -0.2) is 75.3 Å². The van der Waals surface area contributed by atoms with Crippen molar-refractivity contribution in [1.29, 1.82) is 0 Å². The molecule has 4 aromatic rings. The Hall–Kier alpha value is -5.00. The van der Waals surface area contributed by atoms with Crippen LogP contribution in [-0.2, 0) is 17.5 Å².